The van der Waals surface area contributed by atoms with E-state index in [4.69, 9.17) is 14.3 Å². The molecular weight excluding hydrogens is 255 g/mol. The molecule has 18 heavy (non-hydrogen) atoms. The van der Waals surface area contributed by atoms with E-state index in [1.165, 1.54) is 0 Å². The van der Waals surface area contributed by atoms with Gasteiger partial charge >= 0.3 is 7.82 Å². The van der Waals surface area contributed by atoms with Crippen molar-refractivity contribution in [2.45, 2.75) is 0 Å². The highest BCUT2D eigenvalue weighted by molar-refractivity contribution is 7.49. The maximum atomic E-state index is 12.0. The van der Waals surface area contributed by atoms with Gasteiger partial charge in [-0.15, -0.1) is 4.67 Å². The molecule has 0 atom stereocenters. The van der Waals surface area contributed by atoms with Gasteiger partial charge in [-0.1, -0.05) is 36.4 Å². The van der Waals surface area contributed by atoms with Crippen LogP contribution in [0.15, 0.2) is 60.7 Å². The van der Waals surface area contributed by atoms with E-state index in [1.807, 2.05) is 0 Å². The van der Waals surface area contributed by atoms with Crippen LogP contribution in [0.25, 0.3) is 0 Å². The Morgan fingerprint density at radius 2 is 1.17 bits per heavy atom. The van der Waals surface area contributed by atoms with Gasteiger partial charge in [0.15, 0.2) is 0 Å². The fourth-order valence-electron chi connectivity index (χ4n) is 1.27. The second-order valence-electron chi connectivity index (χ2n) is 3.34. The third-order valence-corrected chi connectivity index (χ3v) is 3.09. The predicted molar refractivity (Wildman–Crippen MR) is 65.5 cm³/mol. The molecule has 0 saturated carbocycles. The Kier molecular flexibility index (Phi) is 3.99. The minimum absolute atomic E-state index is 0.269. The molecule has 0 saturated heterocycles. The Labute approximate surface area is 104 Å². The highest BCUT2D eigenvalue weighted by Crippen LogP contribution is 2.48. The van der Waals surface area contributed by atoms with Crippen molar-refractivity contribution in [1.82, 2.24) is 0 Å². The van der Waals surface area contributed by atoms with Crippen molar-refractivity contribution < 1.29 is 23.5 Å². The third-order valence-electron chi connectivity index (χ3n) is 2.02. The van der Waals surface area contributed by atoms with Crippen molar-refractivity contribution in [1.29, 1.82) is 0 Å². The van der Waals surface area contributed by atoms with Crippen molar-refractivity contribution >= 4 is 7.82 Å². The van der Waals surface area contributed by atoms with Gasteiger partial charge in [-0.2, -0.15) is 0 Å². The summed E-state index contributed by atoms with van der Waals surface area (Å²) in [5, 5.41) is 8.69. The molecule has 0 spiro atoms. The first-order chi connectivity index (χ1) is 8.72. The van der Waals surface area contributed by atoms with Gasteiger partial charge in [0.1, 0.15) is 11.5 Å². The van der Waals surface area contributed by atoms with Crippen LogP contribution in [0.1, 0.15) is 0 Å². The first-order valence-corrected chi connectivity index (χ1v) is 6.60. The Morgan fingerprint density at radius 1 is 0.778 bits per heavy atom. The highest BCUT2D eigenvalue weighted by atomic mass is 31.2. The van der Waals surface area contributed by atoms with Crippen molar-refractivity contribution in [3.05, 3.63) is 60.7 Å². The molecule has 0 unspecified atom stereocenters. The fourth-order valence-corrected chi connectivity index (χ4v) is 2.14. The lowest BCUT2D eigenvalue weighted by molar-refractivity contribution is -0.154. The van der Waals surface area contributed by atoms with E-state index >= 15 is 0 Å². The number of phosphoric ester groups is 1. The summed E-state index contributed by atoms with van der Waals surface area (Å²) in [6, 6.07) is 16.6. The third kappa shape index (κ3) is 3.34. The largest absolute Gasteiger partial charge is 0.615 e. The van der Waals surface area contributed by atoms with Crippen LogP contribution in [-0.2, 0) is 9.24 Å². The van der Waals surface area contributed by atoms with Gasteiger partial charge in [0, 0.05) is 0 Å². The van der Waals surface area contributed by atoms with E-state index in [2.05, 4.69) is 4.67 Å². The van der Waals surface area contributed by atoms with E-state index in [0.29, 0.717) is 0 Å². The average molecular weight is 266 g/mol. The summed E-state index contributed by atoms with van der Waals surface area (Å²) in [7, 11) is -4.09. The summed E-state index contributed by atoms with van der Waals surface area (Å²) in [6.45, 7) is 0. The van der Waals surface area contributed by atoms with E-state index < -0.39 is 7.82 Å². The lowest BCUT2D eigenvalue weighted by Crippen LogP contribution is -2.02. The number of para-hydroxylation sites is 2. The zero-order valence-corrected chi connectivity index (χ0v) is 10.2. The van der Waals surface area contributed by atoms with Crippen LogP contribution in [0, 0.1) is 0 Å². The minimum Gasteiger partial charge on any atom is -0.394 e. The molecule has 94 valence electrons. The minimum atomic E-state index is -4.09. The molecular formula is C12H11O5P. The van der Waals surface area contributed by atoms with Crippen LogP contribution in [0.2, 0.25) is 0 Å². The molecule has 2 rings (SSSR count). The lowest BCUT2D eigenvalue weighted by atomic mass is 10.3. The van der Waals surface area contributed by atoms with E-state index in [1.54, 1.807) is 60.7 Å². The van der Waals surface area contributed by atoms with Gasteiger partial charge in [0.2, 0.25) is 0 Å². The van der Waals surface area contributed by atoms with Crippen LogP contribution in [0.4, 0.5) is 0 Å². The molecule has 6 heteroatoms. The molecule has 0 bridgehead atoms. The summed E-state index contributed by atoms with van der Waals surface area (Å²) < 4.78 is 25.9. The Balaban J connectivity index is 2.14. The molecule has 2 aromatic carbocycles. The van der Waals surface area contributed by atoms with Gasteiger partial charge in [0.05, 0.1) is 0 Å². The zero-order chi connectivity index (χ0) is 12.8. The lowest BCUT2D eigenvalue weighted by Gasteiger charge is -2.15. The quantitative estimate of drug-likeness (QED) is 0.507. The predicted octanol–water partition coefficient (Wildman–Crippen LogP) is 3.74. The molecule has 0 fully saturated rings. The molecule has 0 aliphatic heterocycles. The molecule has 0 aromatic heterocycles. The van der Waals surface area contributed by atoms with Crippen LogP contribution in [0.3, 0.4) is 0 Å². The second-order valence-corrected chi connectivity index (χ2v) is 4.76. The van der Waals surface area contributed by atoms with Gasteiger partial charge in [-0.05, 0) is 24.3 Å². The molecule has 0 aliphatic rings. The standard InChI is InChI=1S/C12H11O5P/c13-17-18(14,15-11-7-3-1-4-8-11)16-12-9-5-2-6-10-12/h1-10,13H. The number of rotatable bonds is 5. The smallest absolute Gasteiger partial charge is 0.394 e. The van der Waals surface area contributed by atoms with Crippen molar-refractivity contribution in [2.75, 3.05) is 0 Å². The summed E-state index contributed by atoms with van der Waals surface area (Å²) in [5.41, 5.74) is 0. The normalized spacial score (nSPS) is 10.9. The molecule has 0 heterocycles. The molecule has 0 radical (unpaired) electrons. The number of phosphoric acid groups is 1. The monoisotopic (exact) mass is 266 g/mol. The summed E-state index contributed by atoms with van der Waals surface area (Å²) in [6.07, 6.45) is 0. The van der Waals surface area contributed by atoms with E-state index in [-0.39, 0.29) is 11.5 Å². The molecule has 0 aliphatic carbocycles. The first kappa shape index (κ1) is 12.6. The van der Waals surface area contributed by atoms with Crippen molar-refractivity contribution in [3.8, 4) is 11.5 Å². The first-order valence-electron chi connectivity index (χ1n) is 5.14. The van der Waals surface area contributed by atoms with Crippen LogP contribution < -0.4 is 9.05 Å². The van der Waals surface area contributed by atoms with E-state index in [0.717, 1.165) is 0 Å². The molecule has 5 nitrogen and oxygen atoms in total. The van der Waals surface area contributed by atoms with Crippen molar-refractivity contribution in [3.63, 3.8) is 0 Å². The molecule has 2 aromatic rings. The SMILES string of the molecule is O=P(OO)(Oc1ccccc1)Oc1ccccc1. The summed E-state index contributed by atoms with van der Waals surface area (Å²) >= 11 is 0. The number of hydrogen-bond acceptors (Lipinski definition) is 5. The van der Waals surface area contributed by atoms with E-state index in [9.17, 15) is 4.57 Å². The number of benzene rings is 2. The van der Waals surface area contributed by atoms with Crippen LogP contribution >= 0.6 is 7.82 Å². The topological polar surface area (TPSA) is 65.0 Å². The van der Waals surface area contributed by atoms with Crippen LogP contribution in [-0.4, -0.2) is 5.26 Å². The average Bonchev–Trinajstić information content (AvgIpc) is 2.41. The zero-order valence-electron chi connectivity index (χ0n) is 9.30. The molecule has 0 amide bonds. The van der Waals surface area contributed by atoms with Crippen molar-refractivity contribution in [2.24, 2.45) is 0 Å². The number of hydrogen-bond donors (Lipinski definition) is 1. The summed E-state index contributed by atoms with van der Waals surface area (Å²) in [5.74, 6) is 0.539. The van der Waals surface area contributed by atoms with Gasteiger partial charge < -0.3 is 9.05 Å². The van der Waals surface area contributed by atoms with Gasteiger partial charge in [-0.25, -0.2) is 9.82 Å². The molecule has 1 N–H and O–H groups in total. The maximum Gasteiger partial charge on any atom is 0.615 e. The highest BCUT2D eigenvalue weighted by Gasteiger charge is 2.31. The fraction of sp³-hybridized carbons (Fsp3) is 0. The van der Waals surface area contributed by atoms with Gasteiger partial charge in [0.25, 0.3) is 0 Å². The Morgan fingerprint density at radius 3 is 1.50 bits per heavy atom. The van der Waals surface area contributed by atoms with Gasteiger partial charge in [-0.3, -0.25) is 0 Å². The van der Waals surface area contributed by atoms with Crippen LogP contribution in [0.5, 0.6) is 11.5 Å². The Hall–Kier alpha value is -1.81. The Bertz CT molecular complexity index is 483. The maximum absolute atomic E-state index is 12.0. The second kappa shape index (κ2) is 5.69. The summed E-state index contributed by atoms with van der Waals surface area (Å²) in [4.78, 5) is 0.